The molecule has 1 aromatic carbocycles. The van der Waals surface area contributed by atoms with Crippen LogP contribution in [0.5, 0.6) is 0 Å². The lowest BCUT2D eigenvalue weighted by Gasteiger charge is -2.40. The van der Waals surface area contributed by atoms with Gasteiger partial charge in [-0.25, -0.2) is 0 Å². The second kappa shape index (κ2) is 10.4. The van der Waals surface area contributed by atoms with Gasteiger partial charge in [-0.2, -0.15) is 0 Å². The van der Waals surface area contributed by atoms with Crippen molar-refractivity contribution in [1.29, 1.82) is 0 Å². The molecular formula is C26H30BrN3O. The topological polar surface area (TPSA) is 36.4 Å². The van der Waals surface area contributed by atoms with Crippen LogP contribution in [0.25, 0.3) is 0 Å². The molecular weight excluding hydrogens is 450 g/mol. The number of hydrogen-bond donors (Lipinski definition) is 0. The molecule has 1 aliphatic carbocycles. The van der Waals surface area contributed by atoms with Gasteiger partial charge in [-0.1, -0.05) is 55.5 Å². The monoisotopic (exact) mass is 479 g/mol. The predicted molar refractivity (Wildman–Crippen MR) is 129 cm³/mol. The highest BCUT2D eigenvalue weighted by atomic mass is 79.9. The van der Waals surface area contributed by atoms with Crippen LogP contribution in [0.3, 0.4) is 0 Å². The van der Waals surface area contributed by atoms with Crippen LogP contribution in [0.1, 0.15) is 48.1 Å². The van der Waals surface area contributed by atoms with Gasteiger partial charge in [-0.05, 0) is 58.3 Å². The first kappa shape index (κ1) is 22.0. The van der Waals surface area contributed by atoms with E-state index >= 15 is 0 Å². The largest absolute Gasteiger partial charge is 0.336 e. The smallest absolute Gasteiger partial charge is 0.255 e. The van der Waals surface area contributed by atoms with Gasteiger partial charge in [0.1, 0.15) is 0 Å². The van der Waals surface area contributed by atoms with Gasteiger partial charge >= 0.3 is 0 Å². The number of aromatic nitrogens is 1. The summed E-state index contributed by atoms with van der Waals surface area (Å²) in [5, 5.41) is 0. The van der Waals surface area contributed by atoms with Gasteiger partial charge in [-0.15, -0.1) is 0 Å². The molecule has 2 aliphatic rings. The number of benzene rings is 1. The lowest BCUT2D eigenvalue weighted by Crippen LogP contribution is -2.50. The minimum Gasteiger partial charge on any atom is -0.336 e. The van der Waals surface area contributed by atoms with Crippen LogP contribution in [-0.2, 0) is 0 Å². The fourth-order valence-corrected chi connectivity index (χ4v) is 4.83. The SMILES string of the molecule is CC1CC=C(C(c2ccccc2)N2CCN(C(=O)c3cncc(Br)c3)CC2)C=CCC1. The van der Waals surface area contributed by atoms with Gasteiger partial charge in [0.15, 0.2) is 0 Å². The predicted octanol–water partition coefficient (Wildman–Crippen LogP) is 5.65. The van der Waals surface area contributed by atoms with Crippen molar-refractivity contribution in [2.45, 2.75) is 32.2 Å². The first-order valence-electron chi connectivity index (χ1n) is 11.2. The van der Waals surface area contributed by atoms with Crippen molar-refractivity contribution in [1.82, 2.24) is 14.8 Å². The molecule has 0 saturated carbocycles. The Labute approximate surface area is 193 Å². The van der Waals surface area contributed by atoms with Crippen molar-refractivity contribution in [3.05, 3.63) is 88.2 Å². The average Bonchev–Trinajstić information content (AvgIpc) is 2.79. The molecule has 0 spiro atoms. The van der Waals surface area contributed by atoms with Gasteiger partial charge in [0.2, 0.25) is 0 Å². The maximum Gasteiger partial charge on any atom is 0.255 e. The molecule has 4 rings (SSSR count). The van der Waals surface area contributed by atoms with Crippen LogP contribution in [0.4, 0.5) is 0 Å². The van der Waals surface area contributed by atoms with E-state index in [2.05, 4.69) is 81.3 Å². The second-order valence-electron chi connectivity index (χ2n) is 8.56. The van der Waals surface area contributed by atoms with E-state index in [-0.39, 0.29) is 11.9 Å². The number of halogens is 1. The lowest BCUT2D eigenvalue weighted by molar-refractivity contribution is 0.0596. The summed E-state index contributed by atoms with van der Waals surface area (Å²) in [6, 6.07) is 12.9. The summed E-state index contributed by atoms with van der Waals surface area (Å²) >= 11 is 3.41. The number of amides is 1. The van der Waals surface area contributed by atoms with Crippen LogP contribution in [-0.4, -0.2) is 46.9 Å². The van der Waals surface area contributed by atoms with Gasteiger partial charge < -0.3 is 4.90 Å². The van der Waals surface area contributed by atoms with Crippen molar-refractivity contribution in [3.63, 3.8) is 0 Å². The Kier molecular flexibility index (Phi) is 7.36. The second-order valence-corrected chi connectivity index (χ2v) is 9.47. The Morgan fingerprint density at radius 1 is 1.13 bits per heavy atom. The number of rotatable bonds is 4. The van der Waals surface area contributed by atoms with E-state index in [1.54, 1.807) is 12.4 Å². The van der Waals surface area contributed by atoms with Gasteiger partial charge in [-0.3, -0.25) is 14.7 Å². The number of allylic oxidation sites excluding steroid dienone is 2. The van der Waals surface area contributed by atoms with E-state index in [0.717, 1.165) is 43.5 Å². The molecule has 31 heavy (non-hydrogen) atoms. The number of nitrogens with zero attached hydrogens (tertiary/aromatic N) is 3. The Morgan fingerprint density at radius 2 is 1.90 bits per heavy atom. The maximum absolute atomic E-state index is 12.9. The van der Waals surface area contributed by atoms with E-state index in [0.29, 0.717) is 11.5 Å². The van der Waals surface area contributed by atoms with E-state index < -0.39 is 0 Å². The normalized spacial score (nSPS) is 21.2. The maximum atomic E-state index is 12.9. The highest BCUT2D eigenvalue weighted by Crippen LogP contribution is 2.33. The van der Waals surface area contributed by atoms with Gasteiger partial charge in [0.05, 0.1) is 11.6 Å². The zero-order valence-electron chi connectivity index (χ0n) is 18.1. The Hall–Kier alpha value is -2.24. The van der Waals surface area contributed by atoms with Crippen LogP contribution in [0, 0.1) is 5.92 Å². The van der Waals surface area contributed by atoms with Crippen molar-refractivity contribution in [2.24, 2.45) is 5.92 Å². The zero-order valence-corrected chi connectivity index (χ0v) is 19.7. The minimum absolute atomic E-state index is 0.0589. The summed E-state index contributed by atoms with van der Waals surface area (Å²) in [4.78, 5) is 21.6. The summed E-state index contributed by atoms with van der Waals surface area (Å²) in [6.07, 6.45) is 14.0. The number of pyridine rings is 1. The zero-order chi connectivity index (χ0) is 21.6. The average molecular weight is 480 g/mol. The highest BCUT2D eigenvalue weighted by Gasteiger charge is 2.29. The Morgan fingerprint density at radius 3 is 2.65 bits per heavy atom. The summed E-state index contributed by atoms with van der Waals surface area (Å²) in [5.74, 6) is 0.772. The molecule has 1 fully saturated rings. The Bertz CT molecular complexity index is 948. The first-order valence-corrected chi connectivity index (χ1v) is 12.0. The summed E-state index contributed by atoms with van der Waals surface area (Å²) in [6.45, 7) is 5.50. The fraction of sp³-hybridized carbons (Fsp3) is 0.385. The molecule has 1 amide bonds. The van der Waals surface area contributed by atoms with E-state index in [4.69, 9.17) is 0 Å². The highest BCUT2D eigenvalue weighted by molar-refractivity contribution is 9.10. The number of carbonyl (C=O) groups is 1. The van der Waals surface area contributed by atoms with E-state index in [9.17, 15) is 4.79 Å². The Balaban J connectivity index is 1.52. The van der Waals surface area contributed by atoms with Crippen LogP contribution in [0.15, 0.2) is 77.1 Å². The van der Waals surface area contributed by atoms with Crippen molar-refractivity contribution >= 4 is 21.8 Å². The van der Waals surface area contributed by atoms with Crippen molar-refractivity contribution < 1.29 is 4.79 Å². The quantitative estimate of drug-likeness (QED) is 0.568. The third-order valence-electron chi connectivity index (χ3n) is 6.24. The molecule has 1 aromatic heterocycles. The molecule has 0 radical (unpaired) electrons. The third kappa shape index (κ3) is 5.52. The molecule has 5 heteroatoms. The van der Waals surface area contributed by atoms with Crippen LogP contribution < -0.4 is 0 Å². The number of carbonyl (C=O) groups excluding carboxylic acids is 1. The van der Waals surface area contributed by atoms with Crippen LogP contribution in [0.2, 0.25) is 0 Å². The minimum atomic E-state index is 0.0589. The molecule has 4 nitrogen and oxygen atoms in total. The van der Waals surface area contributed by atoms with Crippen molar-refractivity contribution in [3.8, 4) is 0 Å². The fourth-order valence-electron chi connectivity index (χ4n) is 4.47. The molecule has 1 saturated heterocycles. The van der Waals surface area contributed by atoms with E-state index in [1.807, 2.05) is 11.0 Å². The van der Waals surface area contributed by atoms with Crippen LogP contribution >= 0.6 is 15.9 Å². The standard InChI is InChI=1S/C26H30BrN3O/c1-20-7-5-6-10-22(12-11-20)25(21-8-3-2-4-9-21)29-13-15-30(16-14-29)26(31)23-17-24(27)19-28-18-23/h2-4,6,8-10,12,17-20,25H,5,7,11,13-16H2,1H3. The molecule has 2 atom stereocenters. The molecule has 1 aliphatic heterocycles. The molecule has 2 aromatic rings. The molecule has 2 heterocycles. The number of piperazine rings is 1. The molecule has 0 bridgehead atoms. The lowest BCUT2D eigenvalue weighted by atomic mass is 9.90. The molecule has 0 N–H and O–H groups in total. The van der Waals surface area contributed by atoms with Gasteiger partial charge in [0.25, 0.3) is 5.91 Å². The van der Waals surface area contributed by atoms with Crippen molar-refractivity contribution in [2.75, 3.05) is 26.2 Å². The summed E-state index contributed by atoms with van der Waals surface area (Å²) in [7, 11) is 0. The number of hydrogen-bond acceptors (Lipinski definition) is 3. The summed E-state index contributed by atoms with van der Waals surface area (Å²) < 4.78 is 0.832. The summed E-state index contributed by atoms with van der Waals surface area (Å²) in [5.41, 5.74) is 3.35. The molecule has 162 valence electrons. The van der Waals surface area contributed by atoms with Gasteiger partial charge in [0, 0.05) is 43.0 Å². The third-order valence-corrected chi connectivity index (χ3v) is 6.68. The first-order chi connectivity index (χ1) is 15.1. The van der Waals surface area contributed by atoms with E-state index in [1.165, 1.54) is 17.6 Å². The molecule has 2 unspecified atom stereocenters.